The quantitative estimate of drug-likeness (QED) is 0.714. The van der Waals surface area contributed by atoms with Crippen LogP contribution in [-0.2, 0) is 6.54 Å². The van der Waals surface area contributed by atoms with Crippen molar-refractivity contribution < 1.29 is 9.05 Å². The summed E-state index contributed by atoms with van der Waals surface area (Å²) in [6.07, 6.45) is 3.38. The Morgan fingerprint density at radius 1 is 1.08 bits per heavy atom. The molecule has 0 unspecified atom stereocenters. The van der Waals surface area contributed by atoms with Gasteiger partial charge in [-0.05, 0) is 33.2 Å². The maximum atomic E-state index is 5.63. The van der Waals surface area contributed by atoms with Crippen LogP contribution in [0.15, 0.2) is 39.4 Å². The van der Waals surface area contributed by atoms with Gasteiger partial charge in [-0.2, -0.15) is 4.98 Å². The van der Waals surface area contributed by atoms with E-state index >= 15 is 0 Å². The first-order valence-corrected chi connectivity index (χ1v) is 8.77. The van der Waals surface area contributed by atoms with Crippen LogP contribution in [0.4, 0.5) is 0 Å². The van der Waals surface area contributed by atoms with Crippen LogP contribution in [0.5, 0.6) is 0 Å². The molecule has 1 aliphatic rings. The maximum Gasteiger partial charge on any atom is 0.244 e. The van der Waals surface area contributed by atoms with Gasteiger partial charge in [0.25, 0.3) is 0 Å². The summed E-state index contributed by atoms with van der Waals surface area (Å²) in [7, 11) is 0. The molecule has 0 radical (unpaired) electrons. The van der Waals surface area contributed by atoms with E-state index in [9.17, 15) is 0 Å². The Morgan fingerprint density at radius 2 is 1.92 bits per heavy atom. The van der Waals surface area contributed by atoms with Crippen molar-refractivity contribution >= 4 is 0 Å². The normalized spacial score (nSPS) is 18.6. The Balaban J connectivity index is 1.58. The Bertz CT molecular complexity index is 821. The highest BCUT2D eigenvalue weighted by molar-refractivity contribution is 5.53. The van der Waals surface area contributed by atoms with Crippen molar-refractivity contribution in [1.82, 2.24) is 20.2 Å². The number of aromatic nitrogens is 3. The van der Waals surface area contributed by atoms with Crippen LogP contribution in [-0.4, -0.2) is 26.7 Å². The third kappa shape index (κ3) is 3.22. The van der Waals surface area contributed by atoms with Crippen molar-refractivity contribution in [2.45, 2.75) is 45.7 Å². The average Bonchev–Trinajstić information content (AvgIpc) is 3.26. The van der Waals surface area contributed by atoms with E-state index in [0.29, 0.717) is 11.7 Å². The van der Waals surface area contributed by atoms with Gasteiger partial charge in [0.05, 0.1) is 11.7 Å². The number of hydrogen-bond donors (Lipinski definition) is 0. The van der Waals surface area contributed by atoms with E-state index < -0.39 is 0 Å². The summed E-state index contributed by atoms with van der Waals surface area (Å²) in [5.41, 5.74) is 3.10. The van der Waals surface area contributed by atoms with E-state index in [2.05, 4.69) is 20.2 Å². The van der Waals surface area contributed by atoms with Crippen molar-refractivity contribution in [3.63, 3.8) is 0 Å². The number of hydrogen-bond acceptors (Lipinski definition) is 6. The van der Waals surface area contributed by atoms with E-state index in [1.165, 1.54) is 12.8 Å². The molecule has 1 aromatic carbocycles. The van der Waals surface area contributed by atoms with Crippen LogP contribution >= 0.6 is 0 Å². The Labute approximate surface area is 146 Å². The molecule has 4 rings (SSSR count). The van der Waals surface area contributed by atoms with Crippen LogP contribution in [0.2, 0.25) is 0 Å². The van der Waals surface area contributed by atoms with Gasteiger partial charge in [0.15, 0.2) is 0 Å². The predicted molar refractivity (Wildman–Crippen MR) is 92.7 cm³/mol. The number of piperidine rings is 1. The topological polar surface area (TPSA) is 68.2 Å². The van der Waals surface area contributed by atoms with Gasteiger partial charge in [-0.15, -0.1) is 0 Å². The molecule has 3 aromatic rings. The zero-order chi connectivity index (χ0) is 17.2. The lowest BCUT2D eigenvalue weighted by molar-refractivity contribution is 0.111. The molecule has 130 valence electrons. The first-order valence-electron chi connectivity index (χ1n) is 8.77. The first kappa shape index (κ1) is 16.0. The van der Waals surface area contributed by atoms with Crippen molar-refractivity contribution in [2.24, 2.45) is 0 Å². The molecule has 6 heteroatoms. The molecular weight excluding hydrogens is 316 g/mol. The summed E-state index contributed by atoms with van der Waals surface area (Å²) < 4.78 is 10.9. The minimum Gasteiger partial charge on any atom is -0.361 e. The van der Waals surface area contributed by atoms with Crippen molar-refractivity contribution in [3.8, 4) is 11.4 Å². The Hall–Kier alpha value is -2.47. The van der Waals surface area contributed by atoms with Gasteiger partial charge in [0.2, 0.25) is 11.7 Å². The first-order chi connectivity index (χ1) is 12.2. The fraction of sp³-hybridized carbons (Fsp3) is 0.421. The fourth-order valence-corrected chi connectivity index (χ4v) is 3.47. The zero-order valence-electron chi connectivity index (χ0n) is 14.6. The molecule has 1 saturated heterocycles. The van der Waals surface area contributed by atoms with Gasteiger partial charge in [-0.3, -0.25) is 4.90 Å². The van der Waals surface area contributed by atoms with E-state index in [1.807, 2.05) is 44.2 Å². The van der Waals surface area contributed by atoms with E-state index in [4.69, 9.17) is 9.05 Å². The highest BCUT2D eigenvalue weighted by Crippen LogP contribution is 2.33. The summed E-state index contributed by atoms with van der Waals surface area (Å²) >= 11 is 0. The minimum absolute atomic E-state index is 0.146. The molecule has 0 amide bonds. The summed E-state index contributed by atoms with van der Waals surface area (Å²) in [6, 6.07) is 10.1. The molecule has 1 aliphatic heterocycles. The number of aryl methyl sites for hydroxylation is 2. The molecule has 0 N–H and O–H groups in total. The number of rotatable bonds is 4. The molecule has 0 saturated carbocycles. The van der Waals surface area contributed by atoms with E-state index in [0.717, 1.165) is 42.1 Å². The highest BCUT2D eigenvalue weighted by atomic mass is 16.5. The molecule has 3 heterocycles. The van der Waals surface area contributed by atoms with E-state index in [-0.39, 0.29) is 6.04 Å². The fourth-order valence-electron chi connectivity index (χ4n) is 3.47. The molecule has 0 bridgehead atoms. The van der Waals surface area contributed by atoms with Crippen LogP contribution < -0.4 is 0 Å². The van der Waals surface area contributed by atoms with Gasteiger partial charge in [-0.25, -0.2) is 0 Å². The monoisotopic (exact) mass is 338 g/mol. The molecule has 1 fully saturated rings. The van der Waals surface area contributed by atoms with E-state index in [1.54, 1.807) is 0 Å². The van der Waals surface area contributed by atoms with Gasteiger partial charge in [-0.1, -0.05) is 47.1 Å². The van der Waals surface area contributed by atoms with Crippen molar-refractivity contribution in [1.29, 1.82) is 0 Å². The standard InChI is InChI=1S/C19H22N4O2/c1-13-16(14(2)24-21-13)12-23-11-7-6-10-17(23)19-20-18(22-25-19)15-8-4-3-5-9-15/h3-5,8-9,17H,6-7,10-12H2,1-2H3/t17-/m1/s1. The van der Waals surface area contributed by atoms with Crippen molar-refractivity contribution in [2.75, 3.05) is 6.54 Å². The van der Waals surface area contributed by atoms with Gasteiger partial charge in [0.1, 0.15) is 5.76 Å². The number of likely N-dealkylation sites (tertiary alicyclic amines) is 1. The maximum absolute atomic E-state index is 5.63. The lowest BCUT2D eigenvalue weighted by Crippen LogP contribution is -2.33. The SMILES string of the molecule is Cc1noc(C)c1CN1CCCC[C@@H]1c1nc(-c2ccccc2)no1. The molecule has 6 nitrogen and oxygen atoms in total. The van der Waals surface area contributed by atoms with Crippen LogP contribution in [0.3, 0.4) is 0 Å². The lowest BCUT2D eigenvalue weighted by atomic mass is 10.0. The molecule has 25 heavy (non-hydrogen) atoms. The van der Waals surface area contributed by atoms with Gasteiger partial charge < -0.3 is 9.05 Å². The number of nitrogens with zero attached hydrogens (tertiary/aromatic N) is 4. The molecule has 1 atom stereocenters. The Morgan fingerprint density at radius 3 is 2.68 bits per heavy atom. The summed E-state index contributed by atoms with van der Waals surface area (Å²) in [4.78, 5) is 7.07. The number of benzene rings is 1. The second-order valence-electron chi connectivity index (χ2n) is 6.61. The summed E-state index contributed by atoms with van der Waals surface area (Å²) in [5.74, 6) is 2.24. The summed E-state index contributed by atoms with van der Waals surface area (Å²) in [6.45, 7) is 5.77. The van der Waals surface area contributed by atoms with Gasteiger partial charge >= 0.3 is 0 Å². The van der Waals surface area contributed by atoms with Crippen LogP contribution in [0.25, 0.3) is 11.4 Å². The minimum atomic E-state index is 0.146. The zero-order valence-corrected chi connectivity index (χ0v) is 14.6. The third-order valence-corrected chi connectivity index (χ3v) is 4.91. The van der Waals surface area contributed by atoms with Crippen molar-refractivity contribution in [3.05, 3.63) is 53.2 Å². The third-order valence-electron chi connectivity index (χ3n) is 4.91. The largest absolute Gasteiger partial charge is 0.361 e. The molecule has 0 aliphatic carbocycles. The second kappa shape index (κ2) is 6.80. The predicted octanol–water partition coefficient (Wildman–Crippen LogP) is 4.07. The smallest absolute Gasteiger partial charge is 0.244 e. The summed E-state index contributed by atoms with van der Waals surface area (Å²) in [5, 5.41) is 8.25. The molecule has 2 aromatic heterocycles. The molecular formula is C19H22N4O2. The lowest BCUT2D eigenvalue weighted by Gasteiger charge is -2.33. The van der Waals surface area contributed by atoms with Crippen LogP contribution in [0, 0.1) is 13.8 Å². The van der Waals surface area contributed by atoms with Gasteiger partial charge in [0, 0.05) is 17.7 Å². The second-order valence-corrected chi connectivity index (χ2v) is 6.61. The highest BCUT2D eigenvalue weighted by Gasteiger charge is 2.30. The average molecular weight is 338 g/mol. The molecule has 0 spiro atoms. The van der Waals surface area contributed by atoms with Crippen LogP contribution in [0.1, 0.15) is 48.2 Å². The Kier molecular flexibility index (Phi) is 4.36.